The van der Waals surface area contributed by atoms with Crippen LogP contribution in [0.4, 0.5) is 0 Å². The molecule has 64 valence electrons. The summed E-state index contributed by atoms with van der Waals surface area (Å²) in [5.41, 5.74) is 0. The zero-order chi connectivity index (χ0) is 6.97. The Balaban J connectivity index is 0.000000605. The molecule has 0 heterocycles. The lowest BCUT2D eigenvalue weighted by molar-refractivity contribution is 0.0922. The maximum Gasteiger partial charge on any atom is 0.0713 e. The molecule has 1 fully saturated rings. The number of rotatable bonds is 2. The minimum absolute atomic E-state index is 0. The molecule has 3 heteroatoms. The van der Waals surface area contributed by atoms with Crippen molar-refractivity contribution in [1.82, 2.24) is 0 Å². The van der Waals surface area contributed by atoms with Crippen LogP contribution in [0.3, 0.4) is 0 Å². The quantitative estimate of drug-likeness (QED) is 0.510. The summed E-state index contributed by atoms with van der Waals surface area (Å²) in [6, 6.07) is 0. The molecule has 2 nitrogen and oxygen atoms in total. The lowest BCUT2D eigenvalue weighted by atomic mass is 9.95. The molecule has 0 aromatic heterocycles. The van der Waals surface area contributed by atoms with Gasteiger partial charge in [0.15, 0.2) is 0 Å². The minimum atomic E-state index is 0. The van der Waals surface area contributed by atoms with Gasteiger partial charge in [0.1, 0.15) is 0 Å². The van der Waals surface area contributed by atoms with Crippen LogP contribution >= 0.6 is 12.4 Å². The van der Waals surface area contributed by atoms with Crippen LogP contribution < -0.4 is 5.90 Å². The van der Waals surface area contributed by atoms with Gasteiger partial charge in [-0.3, -0.25) is 0 Å². The van der Waals surface area contributed by atoms with Crippen molar-refractivity contribution in [3.63, 3.8) is 0 Å². The Morgan fingerprint density at radius 1 is 1.36 bits per heavy atom. The number of fused-ring (bicyclic) bond motifs is 2. The molecular weight excluding hydrogens is 162 g/mol. The first-order valence-corrected chi connectivity index (χ1v) is 3.90. The van der Waals surface area contributed by atoms with Crippen molar-refractivity contribution in [2.75, 3.05) is 6.61 Å². The van der Waals surface area contributed by atoms with Crippen LogP contribution in [0.2, 0.25) is 0 Å². The highest BCUT2D eigenvalue weighted by molar-refractivity contribution is 5.85. The maximum atomic E-state index is 5.02. The molecule has 2 N–H and O–H groups in total. The standard InChI is InChI=1S/C8H13NO.ClH/c9-10-5-8-4-6-1-2-7(8)3-6;/h1-2,6-8H,3-5,9H2;1H/t6-,7+,8+;/m1./s1. The number of hydrogen-bond donors (Lipinski definition) is 1. The number of hydrogen-bond acceptors (Lipinski definition) is 2. The predicted molar refractivity (Wildman–Crippen MR) is 46.2 cm³/mol. The van der Waals surface area contributed by atoms with E-state index >= 15 is 0 Å². The van der Waals surface area contributed by atoms with E-state index in [4.69, 9.17) is 5.90 Å². The summed E-state index contributed by atoms with van der Waals surface area (Å²) in [7, 11) is 0. The molecule has 0 aliphatic heterocycles. The largest absolute Gasteiger partial charge is 0.304 e. The summed E-state index contributed by atoms with van der Waals surface area (Å²) >= 11 is 0. The van der Waals surface area contributed by atoms with Crippen molar-refractivity contribution in [2.24, 2.45) is 23.7 Å². The summed E-state index contributed by atoms with van der Waals surface area (Å²) in [6.45, 7) is 0.742. The molecule has 0 radical (unpaired) electrons. The van der Waals surface area contributed by atoms with E-state index in [1.54, 1.807) is 0 Å². The van der Waals surface area contributed by atoms with Crippen LogP contribution in [-0.2, 0) is 4.84 Å². The van der Waals surface area contributed by atoms with Crippen LogP contribution in [0.15, 0.2) is 12.2 Å². The van der Waals surface area contributed by atoms with Gasteiger partial charge in [-0.05, 0) is 30.6 Å². The Kier molecular flexibility index (Phi) is 2.93. The van der Waals surface area contributed by atoms with E-state index in [1.165, 1.54) is 12.8 Å². The third kappa shape index (κ3) is 1.58. The summed E-state index contributed by atoms with van der Waals surface area (Å²) in [5.74, 6) is 7.33. The summed E-state index contributed by atoms with van der Waals surface area (Å²) in [4.78, 5) is 4.64. The molecule has 0 amide bonds. The molecule has 2 bridgehead atoms. The summed E-state index contributed by atoms with van der Waals surface area (Å²) in [6.07, 6.45) is 7.28. The van der Waals surface area contributed by atoms with Gasteiger partial charge in [-0.25, -0.2) is 5.90 Å². The Bertz CT molecular complexity index is 160. The van der Waals surface area contributed by atoms with E-state index in [-0.39, 0.29) is 12.4 Å². The van der Waals surface area contributed by atoms with Gasteiger partial charge in [0.2, 0.25) is 0 Å². The average Bonchev–Trinajstić information content (AvgIpc) is 2.48. The number of halogens is 1. The van der Waals surface area contributed by atoms with Gasteiger partial charge < -0.3 is 4.84 Å². The fraction of sp³-hybridized carbons (Fsp3) is 0.750. The van der Waals surface area contributed by atoms with Crippen molar-refractivity contribution >= 4 is 12.4 Å². The van der Waals surface area contributed by atoms with E-state index in [0.29, 0.717) is 5.92 Å². The van der Waals surface area contributed by atoms with Crippen molar-refractivity contribution < 1.29 is 4.84 Å². The lowest BCUT2D eigenvalue weighted by Gasteiger charge is -2.15. The van der Waals surface area contributed by atoms with Gasteiger partial charge in [0.25, 0.3) is 0 Å². The van der Waals surface area contributed by atoms with Crippen molar-refractivity contribution in [1.29, 1.82) is 0 Å². The molecule has 2 aliphatic carbocycles. The van der Waals surface area contributed by atoms with Gasteiger partial charge >= 0.3 is 0 Å². The van der Waals surface area contributed by atoms with Crippen molar-refractivity contribution in [2.45, 2.75) is 12.8 Å². The van der Waals surface area contributed by atoms with E-state index in [1.807, 2.05) is 0 Å². The molecule has 2 aliphatic rings. The SMILES string of the molecule is Cl.NOC[C@@H]1C[C@@H]2C=C[C@H]1C2. The Morgan fingerprint density at radius 3 is 2.64 bits per heavy atom. The van der Waals surface area contributed by atoms with Gasteiger partial charge in [-0.2, -0.15) is 0 Å². The molecule has 3 atom stereocenters. The average molecular weight is 176 g/mol. The van der Waals surface area contributed by atoms with Crippen LogP contribution in [0.1, 0.15) is 12.8 Å². The second-order valence-corrected chi connectivity index (χ2v) is 3.37. The second kappa shape index (κ2) is 3.57. The first-order valence-electron chi connectivity index (χ1n) is 3.90. The van der Waals surface area contributed by atoms with E-state index in [9.17, 15) is 0 Å². The first-order chi connectivity index (χ1) is 4.90. The van der Waals surface area contributed by atoms with Gasteiger partial charge in [-0.15, -0.1) is 12.4 Å². The van der Waals surface area contributed by atoms with Gasteiger partial charge in [0.05, 0.1) is 6.61 Å². The Labute approximate surface area is 73.2 Å². The molecule has 0 saturated heterocycles. The molecule has 0 aromatic rings. The Morgan fingerprint density at radius 2 is 2.18 bits per heavy atom. The predicted octanol–water partition coefficient (Wildman–Crippen LogP) is 1.51. The highest BCUT2D eigenvalue weighted by atomic mass is 35.5. The summed E-state index contributed by atoms with van der Waals surface area (Å²) in [5, 5.41) is 0. The normalized spacial score (nSPS) is 39.2. The first kappa shape index (κ1) is 9.04. The van der Waals surface area contributed by atoms with E-state index < -0.39 is 0 Å². The molecule has 0 aromatic carbocycles. The van der Waals surface area contributed by atoms with Gasteiger partial charge in [0, 0.05) is 0 Å². The van der Waals surface area contributed by atoms with Crippen LogP contribution in [0, 0.1) is 17.8 Å². The van der Waals surface area contributed by atoms with Gasteiger partial charge in [-0.1, -0.05) is 12.2 Å². The lowest BCUT2D eigenvalue weighted by Crippen LogP contribution is -2.16. The van der Waals surface area contributed by atoms with Crippen LogP contribution in [-0.4, -0.2) is 6.61 Å². The Hall–Kier alpha value is -0.0500. The summed E-state index contributed by atoms with van der Waals surface area (Å²) < 4.78 is 0. The molecule has 0 spiro atoms. The molecule has 2 rings (SSSR count). The number of allylic oxidation sites excluding steroid dienone is 2. The molecule has 0 unspecified atom stereocenters. The highest BCUT2D eigenvalue weighted by Crippen LogP contribution is 2.43. The molecule has 1 saturated carbocycles. The minimum Gasteiger partial charge on any atom is -0.304 e. The molecule has 11 heavy (non-hydrogen) atoms. The molecular formula is C8H14ClNO. The van der Waals surface area contributed by atoms with Crippen LogP contribution in [0.5, 0.6) is 0 Å². The monoisotopic (exact) mass is 175 g/mol. The third-order valence-electron chi connectivity index (χ3n) is 2.73. The fourth-order valence-electron chi connectivity index (χ4n) is 2.21. The highest BCUT2D eigenvalue weighted by Gasteiger charge is 2.35. The zero-order valence-corrected chi connectivity index (χ0v) is 7.22. The van der Waals surface area contributed by atoms with E-state index in [0.717, 1.165) is 18.4 Å². The zero-order valence-electron chi connectivity index (χ0n) is 6.40. The van der Waals surface area contributed by atoms with Crippen LogP contribution in [0.25, 0.3) is 0 Å². The smallest absolute Gasteiger partial charge is 0.0713 e. The fourth-order valence-corrected chi connectivity index (χ4v) is 2.21. The number of nitrogens with two attached hydrogens (primary N) is 1. The van der Waals surface area contributed by atoms with E-state index in [2.05, 4.69) is 17.0 Å². The topological polar surface area (TPSA) is 35.2 Å². The van der Waals surface area contributed by atoms with Crippen molar-refractivity contribution in [3.8, 4) is 0 Å². The maximum absolute atomic E-state index is 5.02. The second-order valence-electron chi connectivity index (χ2n) is 3.37. The third-order valence-corrected chi connectivity index (χ3v) is 2.73. The van der Waals surface area contributed by atoms with Crippen molar-refractivity contribution in [3.05, 3.63) is 12.2 Å².